The molecule has 0 radical (unpaired) electrons. The third-order valence-electron chi connectivity index (χ3n) is 4.10. The molecule has 0 aromatic heterocycles. The summed E-state index contributed by atoms with van der Waals surface area (Å²) in [6.07, 6.45) is 1.39. The standard InChI is InChI=1S/C22H20N2O6/c1-2-27-18-6-3-15(4-7-18)9-17(11-23)22(26)28-13-21(25)24-12-16-5-8-19-20(10-16)30-14-29-19/h3-10H,2,12-14H2,1H3,(H,24,25)/b17-9+. The smallest absolute Gasteiger partial charge is 0.349 e. The lowest BCUT2D eigenvalue weighted by Crippen LogP contribution is -2.28. The third-order valence-corrected chi connectivity index (χ3v) is 4.10. The van der Waals surface area contributed by atoms with Crippen LogP contribution in [0.3, 0.4) is 0 Å². The van der Waals surface area contributed by atoms with Gasteiger partial charge in [-0.3, -0.25) is 4.79 Å². The van der Waals surface area contributed by atoms with Gasteiger partial charge in [0.1, 0.15) is 17.4 Å². The molecule has 30 heavy (non-hydrogen) atoms. The highest BCUT2D eigenvalue weighted by Crippen LogP contribution is 2.32. The van der Waals surface area contributed by atoms with E-state index >= 15 is 0 Å². The Labute approximate surface area is 173 Å². The number of benzene rings is 2. The van der Waals surface area contributed by atoms with Gasteiger partial charge in [0.15, 0.2) is 18.1 Å². The van der Waals surface area contributed by atoms with Crippen molar-refractivity contribution >= 4 is 18.0 Å². The highest BCUT2D eigenvalue weighted by molar-refractivity contribution is 5.98. The van der Waals surface area contributed by atoms with E-state index in [0.717, 1.165) is 5.56 Å². The van der Waals surface area contributed by atoms with Gasteiger partial charge in [0.05, 0.1) is 6.61 Å². The summed E-state index contributed by atoms with van der Waals surface area (Å²) >= 11 is 0. The second-order valence-corrected chi connectivity index (χ2v) is 6.21. The number of ether oxygens (including phenoxy) is 4. The van der Waals surface area contributed by atoms with Crippen LogP contribution in [0.15, 0.2) is 48.0 Å². The molecule has 0 saturated carbocycles. The van der Waals surface area contributed by atoms with Gasteiger partial charge in [-0.25, -0.2) is 4.79 Å². The van der Waals surface area contributed by atoms with Crippen molar-refractivity contribution in [3.8, 4) is 23.3 Å². The SMILES string of the molecule is CCOc1ccc(/C=C(\C#N)C(=O)OCC(=O)NCc2ccc3c(c2)OCO3)cc1. The molecule has 0 spiro atoms. The molecule has 2 aromatic rings. The van der Waals surface area contributed by atoms with Crippen molar-refractivity contribution in [1.29, 1.82) is 5.26 Å². The zero-order valence-electron chi connectivity index (χ0n) is 16.3. The molecule has 0 saturated heterocycles. The van der Waals surface area contributed by atoms with Crippen LogP contribution in [0.2, 0.25) is 0 Å². The maximum absolute atomic E-state index is 12.1. The first-order valence-electron chi connectivity index (χ1n) is 9.26. The minimum atomic E-state index is -0.871. The number of esters is 1. The zero-order valence-corrected chi connectivity index (χ0v) is 16.3. The number of carbonyl (C=O) groups is 2. The molecule has 0 aliphatic carbocycles. The summed E-state index contributed by atoms with van der Waals surface area (Å²) < 4.78 is 20.8. The Morgan fingerprint density at radius 2 is 1.93 bits per heavy atom. The van der Waals surface area contributed by atoms with Gasteiger partial charge >= 0.3 is 5.97 Å². The molecular weight excluding hydrogens is 388 g/mol. The highest BCUT2D eigenvalue weighted by atomic mass is 16.7. The van der Waals surface area contributed by atoms with Crippen LogP contribution in [0.1, 0.15) is 18.1 Å². The Morgan fingerprint density at radius 3 is 2.67 bits per heavy atom. The third kappa shape index (κ3) is 5.52. The van der Waals surface area contributed by atoms with Gasteiger partial charge in [-0.15, -0.1) is 0 Å². The van der Waals surface area contributed by atoms with Crippen molar-refractivity contribution in [2.75, 3.05) is 20.0 Å². The number of rotatable bonds is 8. The van der Waals surface area contributed by atoms with E-state index in [2.05, 4.69) is 5.32 Å². The molecule has 1 aliphatic heterocycles. The molecule has 1 heterocycles. The van der Waals surface area contributed by atoms with Crippen LogP contribution < -0.4 is 19.5 Å². The van der Waals surface area contributed by atoms with Crippen LogP contribution in [-0.2, 0) is 20.9 Å². The van der Waals surface area contributed by atoms with Crippen molar-refractivity contribution in [1.82, 2.24) is 5.32 Å². The normalized spacial score (nSPS) is 12.1. The topological polar surface area (TPSA) is 107 Å². The lowest BCUT2D eigenvalue weighted by Gasteiger charge is -2.07. The zero-order chi connectivity index (χ0) is 21.3. The second-order valence-electron chi connectivity index (χ2n) is 6.21. The molecule has 154 valence electrons. The number of carbonyl (C=O) groups excluding carboxylic acids is 2. The molecule has 8 heteroatoms. The first-order valence-corrected chi connectivity index (χ1v) is 9.26. The molecule has 0 atom stereocenters. The minimum Gasteiger partial charge on any atom is -0.494 e. The molecule has 1 aliphatic rings. The van der Waals surface area contributed by atoms with Crippen LogP contribution in [0.25, 0.3) is 6.08 Å². The quantitative estimate of drug-likeness (QED) is 0.406. The Kier molecular flexibility index (Phi) is 6.90. The maximum atomic E-state index is 12.1. The molecule has 1 N–H and O–H groups in total. The number of fused-ring (bicyclic) bond motifs is 1. The Bertz CT molecular complexity index is 992. The summed E-state index contributed by atoms with van der Waals surface area (Å²) in [6.45, 7) is 2.34. The van der Waals surface area contributed by atoms with Gasteiger partial charge in [0.25, 0.3) is 5.91 Å². The number of nitrogens with zero attached hydrogens (tertiary/aromatic N) is 1. The fourth-order valence-electron chi connectivity index (χ4n) is 2.64. The van der Waals surface area contributed by atoms with Crippen LogP contribution in [-0.4, -0.2) is 31.9 Å². The minimum absolute atomic E-state index is 0.173. The molecular formula is C22H20N2O6. The summed E-state index contributed by atoms with van der Waals surface area (Å²) in [7, 11) is 0. The van der Waals surface area contributed by atoms with Gasteiger partial charge in [0.2, 0.25) is 6.79 Å². The van der Waals surface area contributed by atoms with E-state index in [1.165, 1.54) is 6.08 Å². The van der Waals surface area contributed by atoms with E-state index in [1.54, 1.807) is 48.5 Å². The predicted octanol–water partition coefficient (Wildman–Crippen LogP) is 2.58. The fraction of sp³-hybridized carbons (Fsp3) is 0.227. The number of hydrogen-bond acceptors (Lipinski definition) is 7. The Balaban J connectivity index is 1.49. The van der Waals surface area contributed by atoms with Crippen LogP contribution in [0.5, 0.6) is 17.2 Å². The number of nitriles is 1. The van der Waals surface area contributed by atoms with Crippen LogP contribution >= 0.6 is 0 Å². The summed E-state index contributed by atoms with van der Waals surface area (Å²) in [5.41, 5.74) is 1.24. The molecule has 0 bridgehead atoms. The number of nitrogens with one attached hydrogen (secondary N) is 1. The van der Waals surface area contributed by atoms with Gasteiger partial charge in [-0.2, -0.15) is 5.26 Å². The van der Waals surface area contributed by atoms with Crippen molar-refractivity contribution in [2.24, 2.45) is 0 Å². The summed E-state index contributed by atoms with van der Waals surface area (Å²) in [6, 6.07) is 14.0. The molecule has 2 aromatic carbocycles. The molecule has 8 nitrogen and oxygen atoms in total. The molecule has 0 fully saturated rings. The maximum Gasteiger partial charge on any atom is 0.349 e. The van der Waals surface area contributed by atoms with E-state index in [1.807, 2.05) is 6.92 Å². The van der Waals surface area contributed by atoms with Crippen molar-refractivity contribution < 1.29 is 28.5 Å². The highest BCUT2D eigenvalue weighted by Gasteiger charge is 2.15. The van der Waals surface area contributed by atoms with Gasteiger partial charge < -0.3 is 24.3 Å². The molecule has 3 rings (SSSR count). The van der Waals surface area contributed by atoms with Gasteiger partial charge in [0, 0.05) is 6.54 Å². The fourth-order valence-corrected chi connectivity index (χ4v) is 2.64. The van der Waals surface area contributed by atoms with E-state index in [9.17, 15) is 14.9 Å². The Morgan fingerprint density at radius 1 is 1.17 bits per heavy atom. The first-order chi connectivity index (χ1) is 14.6. The van der Waals surface area contributed by atoms with Crippen LogP contribution in [0.4, 0.5) is 0 Å². The lowest BCUT2D eigenvalue weighted by atomic mass is 10.1. The monoisotopic (exact) mass is 408 g/mol. The van der Waals surface area contributed by atoms with E-state index < -0.39 is 18.5 Å². The number of hydrogen-bond donors (Lipinski definition) is 1. The lowest BCUT2D eigenvalue weighted by molar-refractivity contribution is -0.144. The van der Waals surface area contributed by atoms with Crippen molar-refractivity contribution in [3.63, 3.8) is 0 Å². The van der Waals surface area contributed by atoms with Crippen LogP contribution in [0, 0.1) is 11.3 Å². The van der Waals surface area contributed by atoms with Crippen molar-refractivity contribution in [2.45, 2.75) is 13.5 Å². The van der Waals surface area contributed by atoms with Gasteiger partial charge in [-0.1, -0.05) is 18.2 Å². The average molecular weight is 408 g/mol. The molecule has 1 amide bonds. The van der Waals surface area contributed by atoms with E-state index in [-0.39, 0.29) is 18.9 Å². The molecule has 0 unspecified atom stereocenters. The summed E-state index contributed by atoms with van der Waals surface area (Å²) in [4.78, 5) is 24.1. The largest absolute Gasteiger partial charge is 0.494 e. The van der Waals surface area contributed by atoms with Gasteiger partial charge in [-0.05, 0) is 48.4 Å². The second kappa shape index (κ2) is 9.98. The summed E-state index contributed by atoms with van der Waals surface area (Å²) in [5, 5.41) is 11.9. The van der Waals surface area contributed by atoms with Crippen molar-refractivity contribution in [3.05, 3.63) is 59.2 Å². The van der Waals surface area contributed by atoms with E-state index in [4.69, 9.17) is 18.9 Å². The predicted molar refractivity (Wildman–Crippen MR) is 107 cm³/mol. The Hall–Kier alpha value is -3.99. The summed E-state index contributed by atoms with van der Waals surface area (Å²) in [5.74, 6) is 0.604. The average Bonchev–Trinajstić information content (AvgIpc) is 3.23. The first kappa shape index (κ1) is 20.7. The van der Waals surface area contributed by atoms with E-state index in [0.29, 0.717) is 29.4 Å². The number of amides is 1.